The van der Waals surface area contributed by atoms with E-state index in [2.05, 4.69) is 15.0 Å². The second kappa shape index (κ2) is 8.25. The number of sulfonamides is 1. The topological polar surface area (TPSA) is 88.2 Å². The molecular weight excluding hydrogens is 418 g/mol. The van der Waals surface area contributed by atoms with Crippen molar-refractivity contribution in [3.05, 3.63) is 83.9 Å². The van der Waals surface area contributed by atoms with Gasteiger partial charge in [0.2, 0.25) is 0 Å². The summed E-state index contributed by atoms with van der Waals surface area (Å²) in [6.45, 7) is 2.02. The van der Waals surface area contributed by atoms with Crippen LogP contribution in [0.15, 0.2) is 77.7 Å². The molecule has 0 saturated heterocycles. The number of aromatic nitrogens is 1. The summed E-state index contributed by atoms with van der Waals surface area (Å²) in [6, 6.07) is 20.8. The van der Waals surface area contributed by atoms with Gasteiger partial charge in [-0.3, -0.25) is 14.8 Å². The van der Waals surface area contributed by atoms with E-state index >= 15 is 0 Å². The molecule has 4 rings (SSSR count). The largest absolute Gasteiger partial charge is 0.298 e. The monoisotopic (exact) mass is 437 g/mol. The maximum atomic E-state index is 12.7. The zero-order valence-electron chi connectivity index (χ0n) is 16.1. The number of nitrogens with one attached hydrogen (secondary N) is 2. The highest BCUT2D eigenvalue weighted by Gasteiger charge is 2.15. The molecular formula is C22H19N3O3S2. The van der Waals surface area contributed by atoms with Gasteiger partial charge in [0.15, 0.2) is 5.13 Å². The fourth-order valence-corrected chi connectivity index (χ4v) is 4.81. The second-order valence-electron chi connectivity index (χ2n) is 6.62. The van der Waals surface area contributed by atoms with Crippen molar-refractivity contribution in [1.29, 1.82) is 0 Å². The third-order valence-electron chi connectivity index (χ3n) is 4.54. The van der Waals surface area contributed by atoms with Gasteiger partial charge in [-0.05, 0) is 54.4 Å². The minimum absolute atomic E-state index is 0.203. The van der Waals surface area contributed by atoms with Gasteiger partial charge in [0.25, 0.3) is 15.9 Å². The third kappa shape index (κ3) is 4.34. The molecule has 0 aliphatic carbocycles. The van der Waals surface area contributed by atoms with Crippen LogP contribution in [0.1, 0.15) is 22.8 Å². The van der Waals surface area contributed by atoms with Crippen molar-refractivity contribution in [2.45, 2.75) is 18.2 Å². The number of hydrogen-bond acceptors (Lipinski definition) is 5. The van der Waals surface area contributed by atoms with Crippen LogP contribution in [0, 0.1) is 0 Å². The summed E-state index contributed by atoms with van der Waals surface area (Å²) in [7, 11) is -3.70. The number of rotatable bonds is 6. The summed E-state index contributed by atoms with van der Waals surface area (Å²) < 4.78 is 28.7. The van der Waals surface area contributed by atoms with Crippen molar-refractivity contribution in [3.63, 3.8) is 0 Å². The smallest absolute Gasteiger partial charge is 0.261 e. The molecule has 152 valence electrons. The van der Waals surface area contributed by atoms with E-state index < -0.39 is 10.0 Å². The van der Waals surface area contributed by atoms with E-state index in [0.717, 1.165) is 16.7 Å². The molecule has 0 radical (unpaired) electrons. The van der Waals surface area contributed by atoms with E-state index in [4.69, 9.17) is 0 Å². The van der Waals surface area contributed by atoms with Gasteiger partial charge in [0, 0.05) is 5.56 Å². The molecule has 30 heavy (non-hydrogen) atoms. The van der Waals surface area contributed by atoms with E-state index in [-0.39, 0.29) is 10.8 Å². The van der Waals surface area contributed by atoms with Crippen molar-refractivity contribution in [2.75, 3.05) is 10.0 Å². The number of thiazole rings is 1. The van der Waals surface area contributed by atoms with Gasteiger partial charge in [0.1, 0.15) is 0 Å². The first-order valence-electron chi connectivity index (χ1n) is 9.33. The molecule has 3 aromatic carbocycles. The zero-order valence-corrected chi connectivity index (χ0v) is 17.8. The number of hydrogen-bond donors (Lipinski definition) is 2. The quantitative estimate of drug-likeness (QED) is 0.448. The number of fused-ring (bicyclic) bond motifs is 1. The first-order valence-corrected chi connectivity index (χ1v) is 11.6. The molecule has 6 nitrogen and oxygen atoms in total. The molecule has 0 aliphatic heterocycles. The first kappa shape index (κ1) is 20.1. The molecule has 0 atom stereocenters. The number of anilines is 2. The van der Waals surface area contributed by atoms with Crippen LogP contribution in [0.25, 0.3) is 10.2 Å². The molecule has 0 aliphatic rings. The number of amides is 1. The lowest BCUT2D eigenvalue weighted by atomic mass is 10.2. The molecule has 1 amide bonds. The van der Waals surface area contributed by atoms with Gasteiger partial charge in [-0.2, -0.15) is 0 Å². The summed E-state index contributed by atoms with van der Waals surface area (Å²) >= 11 is 1.33. The van der Waals surface area contributed by atoms with E-state index in [9.17, 15) is 13.2 Å². The van der Waals surface area contributed by atoms with E-state index in [1.54, 1.807) is 66.7 Å². The number of benzene rings is 3. The maximum absolute atomic E-state index is 12.7. The van der Waals surface area contributed by atoms with Crippen molar-refractivity contribution >= 4 is 48.3 Å². The zero-order chi connectivity index (χ0) is 21.1. The molecule has 2 N–H and O–H groups in total. The van der Waals surface area contributed by atoms with Crippen LogP contribution < -0.4 is 10.0 Å². The van der Waals surface area contributed by atoms with Crippen molar-refractivity contribution in [1.82, 2.24) is 4.98 Å². The molecule has 1 heterocycles. The third-order valence-corrected chi connectivity index (χ3v) is 6.89. The summed E-state index contributed by atoms with van der Waals surface area (Å²) in [6.07, 6.45) is 0.845. The van der Waals surface area contributed by atoms with Crippen molar-refractivity contribution < 1.29 is 13.2 Å². The van der Waals surface area contributed by atoms with Crippen LogP contribution in [-0.2, 0) is 16.4 Å². The van der Waals surface area contributed by atoms with E-state index in [1.165, 1.54) is 11.3 Å². The lowest BCUT2D eigenvalue weighted by Crippen LogP contribution is -2.12. The summed E-state index contributed by atoms with van der Waals surface area (Å²) in [5, 5.41) is 3.23. The minimum Gasteiger partial charge on any atom is -0.298 e. The molecule has 0 bridgehead atoms. The van der Waals surface area contributed by atoms with Gasteiger partial charge < -0.3 is 0 Å². The standard InChI is InChI=1S/C22H19N3O3S2/c1-2-15-8-11-18(12-9-15)30(27,28)25-17-10-13-20-19(14-17)23-22(29-20)24-21(26)16-6-4-3-5-7-16/h3-14,25H,2H2,1H3,(H,23,24,26). The highest BCUT2D eigenvalue weighted by Crippen LogP contribution is 2.29. The number of aryl methyl sites for hydroxylation is 1. The predicted octanol–water partition coefficient (Wildman–Crippen LogP) is 4.91. The van der Waals surface area contributed by atoms with Crippen molar-refractivity contribution in [3.8, 4) is 0 Å². The fourth-order valence-electron chi connectivity index (χ4n) is 2.92. The number of carbonyl (C=O) groups excluding carboxylic acids is 1. The molecule has 8 heteroatoms. The molecule has 0 spiro atoms. The van der Waals surface area contributed by atoms with Gasteiger partial charge in [-0.1, -0.05) is 48.6 Å². The first-order chi connectivity index (χ1) is 14.4. The lowest BCUT2D eigenvalue weighted by Gasteiger charge is -2.08. The van der Waals surface area contributed by atoms with E-state index in [1.807, 2.05) is 13.0 Å². The fraction of sp³-hybridized carbons (Fsp3) is 0.0909. The Kier molecular flexibility index (Phi) is 5.52. The Balaban J connectivity index is 1.54. The number of carbonyl (C=O) groups is 1. The van der Waals surface area contributed by atoms with Crippen LogP contribution in [0.2, 0.25) is 0 Å². The molecule has 0 fully saturated rings. The minimum atomic E-state index is -3.70. The molecule has 1 aromatic heterocycles. The molecule has 0 unspecified atom stereocenters. The highest BCUT2D eigenvalue weighted by molar-refractivity contribution is 7.92. The maximum Gasteiger partial charge on any atom is 0.261 e. The van der Waals surface area contributed by atoms with Crippen LogP contribution in [0.4, 0.5) is 10.8 Å². The summed E-state index contributed by atoms with van der Waals surface area (Å²) in [5.41, 5.74) is 2.63. The van der Waals surface area contributed by atoms with Crippen LogP contribution in [0.3, 0.4) is 0 Å². The van der Waals surface area contributed by atoms with Gasteiger partial charge in [-0.15, -0.1) is 0 Å². The van der Waals surface area contributed by atoms with Crippen LogP contribution >= 0.6 is 11.3 Å². The normalized spacial score (nSPS) is 11.4. The Morgan fingerprint density at radius 2 is 1.73 bits per heavy atom. The predicted molar refractivity (Wildman–Crippen MR) is 121 cm³/mol. The van der Waals surface area contributed by atoms with Gasteiger partial charge in [-0.25, -0.2) is 13.4 Å². The SMILES string of the molecule is CCc1ccc(S(=O)(=O)Nc2ccc3sc(NC(=O)c4ccccc4)nc3c2)cc1. The van der Waals surface area contributed by atoms with Crippen LogP contribution in [0.5, 0.6) is 0 Å². The van der Waals surface area contributed by atoms with Crippen LogP contribution in [-0.4, -0.2) is 19.3 Å². The Morgan fingerprint density at radius 1 is 1.00 bits per heavy atom. The summed E-state index contributed by atoms with van der Waals surface area (Å²) in [5.74, 6) is -0.244. The average molecular weight is 438 g/mol. The highest BCUT2D eigenvalue weighted by atomic mass is 32.2. The molecule has 4 aromatic rings. The molecule has 0 saturated carbocycles. The Hall–Kier alpha value is -3.23. The number of nitrogens with zero attached hydrogens (tertiary/aromatic N) is 1. The van der Waals surface area contributed by atoms with Crippen molar-refractivity contribution in [2.24, 2.45) is 0 Å². The van der Waals surface area contributed by atoms with E-state index in [0.29, 0.717) is 21.9 Å². The summed E-state index contributed by atoms with van der Waals surface area (Å²) in [4.78, 5) is 16.9. The second-order valence-corrected chi connectivity index (χ2v) is 9.34. The average Bonchev–Trinajstić information content (AvgIpc) is 3.15. The lowest BCUT2D eigenvalue weighted by molar-refractivity contribution is 0.102. The Bertz CT molecular complexity index is 1300. The van der Waals surface area contributed by atoms with Gasteiger partial charge >= 0.3 is 0 Å². The Labute approximate surface area is 178 Å². The van der Waals surface area contributed by atoms with Gasteiger partial charge in [0.05, 0.1) is 20.8 Å². The Morgan fingerprint density at radius 3 is 2.43 bits per heavy atom.